The smallest absolute Gasteiger partial charge is 1.00 e. The van der Waals surface area contributed by atoms with Gasteiger partial charge in [0.25, 0.3) is 0 Å². The molecule has 0 aliphatic heterocycles. The van der Waals surface area contributed by atoms with Crippen LogP contribution in [0.4, 0.5) is 0 Å². The quantitative estimate of drug-likeness (QED) is 0.435. The van der Waals surface area contributed by atoms with Crippen molar-refractivity contribution in [3.63, 3.8) is 0 Å². The summed E-state index contributed by atoms with van der Waals surface area (Å²) in [6.45, 7) is 8.76. The van der Waals surface area contributed by atoms with Gasteiger partial charge in [-0.05, 0) is 0 Å². The summed E-state index contributed by atoms with van der Waals surface area (Å²) in [5.41, 5.74) is 2.48. The molecule has 0 aromatic rings. The van der Waals surface area contributed by atoms with E-state index < -0.39 is 5.79 Å². The van der Waals surface area contributed by atoms with Crippen molar-refractivity contribution in [2.75, 3.05) is 7.11 Å². The Balaban J connectivity index is 0.00000220. The fraction of sp³-hybridized carbons (Fsp3) is 0.529. The number of methoxy groups -OCH3 is 1. The van der Waals surface area contributed by atoms with Gasteiger partial charge in [0.05, 0.1) is 0 Å². The minimum absolute atomic E-state index is 0. The molecule has 5 heteroatoms. The molecular weight excluding hydrogens is 355 g/mol. The Hall–Kier alpha value is 0.0143. The largest absolute Gasteiger partial charge is 1.00 e. The molecule has 2 nitrogen and oxygen atoms in total. The summed E-state index contributed by atoms with van der Waals surface area (Å²) in [6, 6.07) is 0. The van der Waals surface area contributed by atoms with E-state index in [1.54, 1.807) is 7.11 Å². The van der Waals surface area contributed by atoms with E-state index in [-0.39, 0.29) is 30.2 Å². The number of hydrogen-bond acceptors (Lipinski definition) is 2. The second-order valence-electron chi connectivity index (χ2n) is 6.47. The normalized spacial score (nSPS) is 24.3. The first-order valence-electron chi connectivity index (χ1n) is 7.03. The zero-order valence-electron chi connectivity index (χ0n) is 13.8. The maximum atomic E-state index is 6.35. The van der Waals surface area contributed by atoms with Gasteiger partial charge in [-0.3, -0.25) is 0 Å². The number of ether oxygens (including phenoxy) is 2. The average Bonchev–Trinajstić information content (AvgIpc) is 2.76. The van der Waals surface area contributed by atoms with Crippen molar-refractivity contribution >= 4 is 0 Å². The molecule has 0 saturated carbocycles. The van der Waals surface area contributed by atoms with E-state index in [0.717, 1.165) is 18.6 Å². The van der Waals surface area contributed by atoms with Crippen molar-refractivity contribution in [2.24, 2.45) is 5.41 Å². The van der Waals surface area contributed by atoms with Gasteiger partial charge in [-0.15, -0.1) is 0 Å². The molecule has 0 N–H and O–H groups in total. The zero-order chi connectivity index (χ0) is 15.0. The van der Waals surface area contributed by atoms with Crippen LogP contribution < -0.4 is 24.8 Å². The SMILES string of the molecule is COC1(OC2=[C]([Ti+2])CC=C2)CC=C(C)C=C1C(C)(C)C.[Cl-].[Cl-]. The van der Waals surface area contributed by atoms with Gasteiger partial charge in [0.1, 0.15) is 0 Å². The van der Waals surface area contributed by atoms with Crippen LogP contribution in [-0.4, -0.2) is 12.9 Å². The molecule has 0 amide bonds. The molecule has 22 heavy (non-hydrogen) atoms. The third-order valence-electron chi connectivity index (χ3n) is 3.78. The molecule has 0 heterocycles. The topological polar surface area (TPSA) is 18.5 Å². The van der Waals surface area contributed by atoms with Gasteiger partial charge in [0.2, 0.25) is 0 Å². The fourth-order valence-electron chi connectivity index (χ4n) is 2.68. The molecule has 1 atom stereocenters. The molecular formula is C17H23Cl2O2Ti. The Morgan fingerprint density at radius 3 is 2.32 bits per heavy atom. The first kappa shape index (κ1) is 22.0. The van der Waals surface area contributed by atoms with Gasteiger partial charge in [0, 0.05) is 0 Å². The summed E-state index contributed by atoms with van der Waals surface area (Å²) < 4.78 is 13.5. The van der Waals surface area contributed by atoms with Crippen LogP contribution in [-0.2, 0) is 29.9 Å². The van der Waals surface area contributed by atoms with Gasteiger partial charge >= 0.3 is 134 Å². The molecule has 0 radical (unpaired) electrons. The molecule has 0 spiro atoms. The van der Waals surface area contributed by atoms with E-state index in [9.17, 15) is 0 Å². The van der Waals surface area contributed by atoms with E-state index in [1.807, 2.05) is 0 Å². The van der Waals surface area contributed by atoms with Crippen molar-refractivity contribution in [3.05, 3.63) is 45.1 Å². The fourth-order valence-corrected chi connectivity index (χ4v) is 3.07. The molecule has 121 valence electrons. The Morgan fingerprint density at radius 2 is 1.86 bits per heavy atom. The summed E-state index contributed by atoms with van der Waals surface area (Å²) in [6.07, 6.45) is 10.3. The van der Waals surface area contributed by atoms with Crippen LogP contribution in [0.5, 0.6) is 0 Å². The van der Waals surface area contributed by atoms with Crippen molar-refractivity contribution < 1.29 is 54.7 Å². The number of hydrogen-bond donors (Lipinski definition) is 0. The minimum atomic E-state index is -0.678. The number of halogens is 2. The second-order valence-corrected chi connectivity index (χ2v) is 7.41. The number of allylic oxidation sites excluding steroid dienone is 5. The van der Waals surface area contributed by atoms with Gasteiger partial charge in [-0.1, -0.05) is 0 Å². The standard InChI is InChI=1S/C17H23O2.2ClH.Ti/c1-13-10-11-17(18-5,15(12-13)16(2,3)4)19-14-8-6-7-9-14;;;/h6,8,10,12H,7,11H2,1-5H3;2*1H;/q;;;+2/p-2. The summed E-state index contributed by atoms with van der Waals surface area (Å²) in [4.78, 5) is 0. The van der Waals surface area contributed by atoms with Gasteiger partial charge < -0.3 is 24.8 Å². The Morgan fingerprint density at radius 1 is 1.23 bits per heavy atom. The Labute approximate surface area is 158 Å². The van der Waals surface area contributed by atoms with E-state index >= 15 is 0 Å². The molecule has 0 aromatic carbocycles. The van der Waals surface area contributed by atoms with E-state index in [2.05, 4.69) is 72.4 Å². The van der Waals surface area contributed by atoms with Gasteiger partial charge in [0.15, 0.2) is 0 Å². The maximum absolute atomic E-state index is 6.35. The van der Waals surface area contributed by atoms with Crippen molar-refractivity contribution in [1.82, 2.24) is 0 Å². The molecule has 0 aromatic heterocycles. The van der Waals surface area contributed by atoms with Gasteiger partial charge in [-0.25, -0.2) is 0 Å². The molecule has 0 saturated heterocycles. The predicted molar refractivity (Wildman–Crippen MR) is 77.5 cm³/mol. The van der Waals surface area contributed by atoms with Crippen molar-refractivity contribution in [1.29, 1.82) is 0 Å². The Kier molecular flexibility index (Phi) is 8.22. The summed E-state index contributed by atoms with van der Waals surface area (Å²) in [7, 11) is 1.74. The summed E-state index contributed by atoms with van der Waals surface area (Å²) in [5, 5.41) is 0. The van der Waals surface area contributed by atoms with Crippen molar-refractivity contribution in [2.45, 2.75) is 46.3 Å². The van der Waals surface area contributed by atoms with E-state index in [1.165, 1.54) is 15.0 Å². The van der Waals surface area contributed by atoms with Crippen LogP contribution in [0.3, 0.4) is 0 Å². The van der Waals surface area contributed by atoms with Crippen LogP contribution >= 0.6 is 0 Å². The molecule has 0 bridgehead atoms. The predicted octanol–water partition coefficient (Wildman–Crippen LogP) is -1.61. The summed E-state index contributed by atoms with van der Waals surface area (Å²) >= 11 is 2.11. The maximum Gasteiger partial charge on any atom is -1.00 e. The molecule has 2 aliphatic carbocycles. The third-order valence-corrected chi connectivity index (χ3v) is 4.48. The van der Waals surface area contributed by atoms with Crippen molar-refractivity contribution in [3.8, 4) is 0 Å². The molecule has 0 fully saturated rings. The van der Waals surface area contributed by atoms with Crippen LogP contribution in [0.2, 0.25) is 0 Å². The van der Waals surface area contributed by atoms with E-state index in [0.29, 0.717) is 0 Å². The first-order chi connectivity index (χ1) is 9.28. The zero-order valence-corrected chi connectivity index (χ0v) is 16.9. The molecule has 2 aliphatic rings. The van der Waals surface area contributed by atoms with Crippen LogP contribution in [0, 0.1) is 5.41 Å². The average molecular weight is 378 g/mol. The van der Waals surface area contributed by atoms with E-state index in [4.69, 9.17) is 9.47 Å². The van der Waals surface area contributed by atoms with Crippen LogP contribution in [0.1, 0.15) is 40.5 Å². The van der Waals surface area contributed by atoms with Crippen LogP contribution in [0.25, 0.3) is 0 Å². The molecule has 2 rings (SSSR count). The monoisotopic (exact) mass is 377 g/mol. The molecule has 1 unspecified atom stereocenters. The second kappa shape index (κ2) is 8.21. The Bertz CT molecular complexity index is 527. The third kappa shape index (κ3) is 4.52. The minimum Gasteiger partial charge on any atom is -1.00 e. The van der Waals surface area contributed by atoms with Crippen LogP contribution in [0.15, 0.2) is 45.1 Å². The summed E-state index contributed by atoms with van der Waals surface area (Å²) in [5.74, 6) is 0.276. The van der Waals surface area contributed by atoms with Gasteiger partial charge in [-0.2, -0.15) is 0 Å². The number of rotatable bonds is 3. The first-order valence-corrected chi connectivity index (χ1v) is 7.81.